The molecule has 0 saturated carbocycles. The first-order valence-corrected chi connectivity index (χ1v) is 4.28. The summed E-state index contributed by atoms with van der Waals surface area (Å²) in [5, 5.41) is 0. The molecule has 0 N–H and O–H groups in total. The lowest BCUT2D eigenvalue weighted by Gasteiger charge is -2.00. The first kappa shape index (κ1) is 8.81. The summed E-state index contributed by atoms with van der Waals surface area (Å²) in [6.07, 6.45) is 0. The van der Waals surface area contributed by atoms with Gasteiger partial charge in [0.05, 0.1) is 0 Å². The third kappa shape index (κ3) is 1.27. The predicted molar refractivity (Wildman–Crippen MR) is 52.6 cm³/mol. The van der Waals surface area contributed by atoms with Gasteiger partial charge in [-0.1, -0.05) is 6.58 Å². The summed E-state index contributed by atoms with van der Waals surface area (Å²) in [5.41, 5.74) is 2.78. The Morgan fingerprint density at radius 3 is 2.57 bits per heavy atom. The summed E-state index contributed by atoms with van der Waals surface area (Å²) in [5.74, 6) is 0.0464. The number of hydrogen-bond acceptors (Lipinski definition) is 3. The van der Waals surface area contributed by atoms with Gasteiger partial charge in [-0.15, -0.1) is 0 Å². The Balaban J connectivity index is 2.27. The van der Waals surface area contributed by atoms with E-state index in [2.05, 4.69) is 6.58 Å². The van der Waals surface area contributed by atoms with Crippen molar-refractivity contribution in [3.63, 3.8) is 0 Å². The van der Waals surface area contributed by atoms with E-state index in [0.29, 0.717) is 16.9 Å². The molecule has 0 amide bonds. The second-order valence-corrected chi connectivity index (χ2v) is 3.34. The van der Waals surface area contributed by atoms with E-state index in [9.17, 15) is 4.79 Å². The van der Waals surface area contributed by atoms with Crippen molar-refractivity contribution in [2.45, 2.75) is 13.8 Å². The number of benzene rings is 1. The number of fused-ring (bicyclic) bond motifs is 2. The van der Waals surface area contributed by atoms with Gasteiger partial charge >= 0.3 is 5.97 Å². The van der Waals surface area contributed by atoms with Crippen molar-refractivity contribution in [2.75, 3.05) is 0 Å². The van der Waals surface area contributed by atoms with Crippen molar-refractivity contribution >= 4 is 17.1 Å². The highest BCUT2D eigenvalue weighted by Crippen LogP contribution is 2.32. The Bertz CT molecular complexity index is 493. The van der Waals surface area contributed by atoms with Crippen LogP contribution in [-0.2, 0) is 4.79 Å². The van der Waals surface area contributed by atoms with E-state index in [1.54, 1.807) is 13.0 Å². The van der Waals surface area contributed by atoms with Crippen molar-refractivity contribution in [3.05, 3.63) is 29.8 Å². The maximum Gasteiger partial charge on any atom is 0.338 e. The van der Waals surface area contributed by atoms with Crippen LogP contribution in [0.15, 0.2) is 28.7 Å². The van der Waals surface area contributed by atoms with Crippen LogP contribution in [0.5, 0.6) is 5.75 Å². The lowest BCUT2D eigenvalue weighted by molar-refractivity contribution is -0.130. The number of esters is 1. The smallest absolute Gasteiger partial charge is 0.338 e. The van der Waals surface area contributed by atoms with Crippen molar-refractivity contribution in [3.8, 4) is 5.75 Å². The molecular formula is C11H10O3. The minimum absolute atomic E-state index is 0.375. The second kappa shape index (κ2) is 2.87. The zero-order chi connectivity index (χ0) is 10.3. The molecule has 0 aromatic carbocycles. The molecule has 0 aliphatic rings. The maximum atomic E-state index is 11.2. The van der Waals surface area contributed by atoms with Crippen molar-refractivity contribution in [2.24, 2.45) is 0 Å². The van der Waals surface area contributed by atoms with Crippen molar-refractivity contribution in [1.29, 1.82) is 0 Å². The van der Waals surface area contributed by atoms with Gasteiger partial charge in [0.1, 0.15) is 5.58 Å². The van der Waals surface area contributed by atoms with Crippen LogP contribution in [0, 0.1) is 6.92 Å². The molecule has 0 unspecified atom stereocenters. The highest BCUT2D eigenvalue weighted by atomic mass is 16.5. The minimum atomic E-state index is -0.424. The van der Waals surface area contributed by atoms with Gasteiger partial charge in [-0.2, -0.15) is 0 Å². The monoisotopic (exact) mass is 190 g/mol. The quantitative estimate of drug-likeness (QED) is 0.415. The molecule has 72 valence electrons. The Labute approximate surface area is 81.3 Å². The number of ether oxygens (including phenoxy) is 1. The first-order chi connectivity index (χ1) is 6.58. The molecule has 0 atom stereocenters. The number of rotatable bonds is 2. The number of furan rings is 2. The standard InChI is InChI=1S/C11H10O3/c1-6(2)11(12)14-10-5-8-7(3)4-9(10)13-8/h4-5H,1H2,2-3H3. The third-order valence-electron chi connectivity index (χ3n) is 2.01. The van der Waals surface area contributed by atoms with Crippen molar-refractivity contribution in [1.82, 2.24) is 0 Å². The molecule has 2 bridgehead atoms. The number of aryl methyl sites for hydroxylation is 1. The summed E-state index contributed by atoms with van der Waals surface area (Å²) < 4.78 is 10.4. The van der Waals surface area contributed by atoms with Gasteiger partial charge in [0.2, 0.25) is 0 Å². The largest absolute Gasteiger partial charge is 0.453 e. The molecule has 2 aromatic heterocycles. The molecule has 0 radical (unpaired) electrons. The highest BCUT2D eigenvalue weighted by Gasteiger charge is 2.14. The van der Waals surface area contributed by atoms with Crippen LogP contribution in [0.4, 0.5) is 0 Å². The highest BCUT2D eigenvalue weighted by molar-refractivity contribution is 5.90. The van der Waals surface area contributed by atoms with E-state index in [4.69, 9.17) is 9.15 Å². The van der Waals surface area contributed by atoms with Crippen LogP contribution in [0.25, 0.3) is 11.2 Å². The van der Waals surface area contributed by atoms with Crippen LogP contribution in [0.3, 0.4) is 0 Å². The van der Waals surface area contributed by atoms with E-state index in [1.807, 2.05) is 13.0 Å². The average Bonchev–Trinajstić information content (AvgIpc) is 2.62. The molecule has 0 aliphatic heterocycles. The number of hydrogen-bond donors (Lipinski definition) is 0. The van der Waals surface area contributed by atoms with Gasteiger partial charge in [-0.3, -0.25) is 0 Å². The third-order valence-corrected chi connectivity index (χ3v) is 2.01. The predicted octanol–water partition coefficient (Wildman–Crippen LogP) is 2.66. The van der Waals surface area contributed by atoms with Crippen LogP contribution in [-0.4, -0.2) is 5.97 Å². The molecule has 2 rings (SSSR count). The van der Waals surface area contributed by atoms with Crippen LogP contribution < -0.4 is 4.74 Å². The molecule has 3 nitrogen and oxygen atoms in total. The lowest BCUT2D eigenvalue weighted by Crippen LogP contribution is -2.07. The Morgan fingerprint density at radius 2 is 2.14 bits per heavy atom. The van der Waals surface area contributed by atoms with Crippen LogP contribution in [0.2, 0.25) is 0 Å². The fourth-order valence-electron chi connectivity index (χ4n) is 1.22. The molecule has 0 saturated heterocycles. The molecule has 0 fully saturated rings. The molecular weight excluding hydrogens is 180 g/mol. The summed E-state index contributed by atoms with van der Waals surface area (Å²) in [6.45, 7) is 7.05. The Morgan fingerprint density at radius 1 is 1.43 bits per heavy atom. The fourth-order valence-corrected chi connectivity index (χ4v) is 1.22. The molecule has 0 aliphatic carbocycles. The Kier molecular flexibility index (Phi) is 1.81. The van der Waals surface area contributed by atoms with Gasteiger partial charge in [-0.05, 0) is 25.5 Å². The molecule has 14 heavy (non-hydrogen) atoms. The van der Waals surface area contributed by atoms with Gasteiger partial charge in [0, 0.05) is 11.6 Å². The fraction of sp³-hybridized carbons (Fsp3) is 0.182. The molecule has 2 heterocycles. The summed E-state index contributed by atoms with van der Waals surface area (Å²) in [6, 6.07) is 3.56. The van der Waals surface area contributed by atoms with E-state index in [1.165, 1.54) is 0 Å². The normalized spacial score (nSPS) is 10.7. The van der Waals surface area contributed by atoms with Gasteiger partial charge < -0.3 is 9.15 Å². The zero-order valence-electron chi connectivity index (χ0n) is 8.09. The first-order valence-electron chi connectivity index (χ1n) is 4.28. The average molecular weight is 190 g/mol. The van der Waals surface area contributed by atoms with Crippen LogP contribution >= 0.6 is 0 Å². The summed E-state index contributed by atoms with van der Waals surface area (Å²) in [4.78, 5) is 11.2. The topological polar surface area (TPSA) is 39.4 Å². The Hall–Kier alpha value is -1.77. The van der Waals surface area contributed by atoms with Gasteiger partial charge in [0.15, 0.2) is 11.3 Å². The van der Waals surface area contributed by atoms with Crippen LogP contribution in [0.1, 0.15) is 12.5 Å². The maximum absolute atomic E-state index is 11.2. The van der Waals surface area contributed by atoms with E-state index < -0.39 is 5.97 Å². The van der Waals surface area contributed by atoms with Crippen molar-refractivity contribution < 1.29 is 13.9 Å². The van der Waals surface area contributed by atoms with Gasteiger partial charge in [-0.25, -0.2) is 4.79 Å². The number of carbonyl (C=O) groups excluding carboxylic acids is 1. The second-order valence-electron chi connectivity index (χ2n) is 3.34. The summed E-state index contributed by atoms with van der Waals surface area (Å²) in [7, 11) is 0. The summed E-state index contributed by atoms with van der Waals surface area (Å²) >= 11 is 0. The zero-order valence-corrected chi connectivity index (χ0v) is 8.09. The van der Waals surface area contributed by atoms with Gasteiger partial charge in [0.25, 0.3) is 0 Å². The lowest BCUT2D eigenvalue weighted by atomic mass is 10.2. The number of carbonyl (C=O) groups is 1. The van der Waals surface area contributed by atoms with E-state index >= 15 is 0 Å². The minimum Gasteiger partial charge on any atom is -0.453 e. The SMILES string of the molecule is C=C(C)C(=O)Oc1cc2oc1cc2C. The van der Waals surface area contributed by atoms with E-state index in [-0.39, 0.29) is 0 Å². The molecule has 3 heteroatoms. The molecule has 2 aromatic rings. The van der Waals surface area contributed by atoms with E-state index in [0.717, 1.165) is 11.1 Å². The molecule has 0 spiro atoms.